The van der Waals surface area contributed by atoms with Crippen LogP contribution in [-0.4, -0.2) is 32.3 Å². The van der Waals surface area contributed by atoms with Crippen molar-refractivity contribution in [2.45, 2.75) is 31.4 Å². The molecule has 1 aromatic rings. The van der Waals surface area contributed by atoms with Crippen molar-refractivity contribution in [1.29, 1.82) is 0 Å². The zero-order valence-corrected chi connectivity index (χ0v) is 11.6. The van der Waals surface area contributed by atoms with Crippen molar-refractivity contribution >= 4 is 17.3 Å². The van der Waals surface area contributed by atoms with E-state index in [0.717, 1.165) is 25.3 Å². The quantitative estimate of drug-likeness (QED) is 0.654. The molecule has 0 saturated heterocycles. The first-order valence-electron chi connectivity index (χ1n) is 6.51. The molecule has 0 spiro atoms. The maximum atomic E-state index is 13.9. The van der Waals surface area contributed by atoms with Crippen molar-refractivity contribution in [2.24, 2.45) is 0 Å². The van der Waals surface area contributed by atoms with Crippen molar-refractivity contribution in [1.82, 2.24) is 0 Å². The normalized spacial score (nSPS) is 21.8. The first-order chi connectivity index (χ1) is 9.55. The Labute approximate surface area is 117 Å². The smallest absolute Gasteiger partial charge is 0.340 e. The third-order valence-corrected chi connectivity index (χ3v) is 3.62. The molecule has 0 bridgehead atoms. The number of rotatable bonds is 4. The molecule has 1 aliphatic carbocycles. The molecular weight excluding hydrogens is 263 g/mol. The van der Waals surface area contributed by atoms with Gasteiger partial charge in [-0.05, 0) is 31.4 Å². The summed E-state index contributed by atoms with van der Waals surface area (Å²) in [7, 11) is 2.94. The first-order valence-corrected chi connectivity index (χ1v) is 6.51. The highest BCUT2D eigenvalue weighted by Crippen LogP contribution is 2.28. The Hall–Kier alpha value is -1.82. The molecule has 3 N–H and O–H groups in total. The van der Waals surface area contributed by atoms with Crippen molar-refractivity contribution in [3.05, 3.63) is 23.5 Å². The van der Waals surface area contributed by atoms with Gasteiger partial charge in [-0.3, -0.25) is 0 Å². The van der Waals surface area contributed by atoms with Crippen molar-refractivity contribution in [2.75, 3.05) is 25.3 Å². The van der Waals surface area contributed by atoms with E-state index in [2.05, 4.69) is 10.1 Å². The van der Waals surface area contributed by atoms with Crippen LogP contribution in [0, 0.1) is 5.82 Å². The van der Waals surface area contributed by atoms with Gasteiger partial charge in [0.05, 0.1) is 24.5 Å². The van der Waals surface area contributed by atoms with E-state index in [-0.39, 0.29) is 29.1 Å². The molecule has 2 unspecified atom stereocenters. The molecule has 1 aromatic carbocycles. The Morgan fingerprint density at radius 3 is 2.75 bits per heavy atom. The highest BCUT2D eigenvalue weighted by molar-refractivity contribution is 5.96. The summed E-state index contributed by atoms with van der Waals surface area (Å²) in [4.78, 5) is 11.6. The topological polar surface area (TPSA) is 73.6 Å². The third-order valence-electron chi connectivity index (χ3n) is 3.62. The number of esters is 1. The molecule has 110 valence electrons. The maximum absolute atomic E-state index is 13.9. The van der Waals surface area contributed by atoms with E-state index in [1.807, 2.05) is 0 Å². The van der Waals surface area contributed by atoms with Crippen LogP contribution in [0.5, 0.6) is 0 Å². The average molecular weight is 282 g/mol. The molecule has 2 atom stereocenters. The van der Waals surface area contributed by atoms with Gasteiger partial charge in [0, 0.05) is 18.8 Å². The molecule has 1 fully saturated rings. The molecule has 1 aliphatic rings. The number of benzene rings is 1. The number of hydrogen-bond acceptors (Lipinski definition) is 5. The van der Waals surface area contributed by atoms with Crippen LogP contribution in [0.25, 0.3) is 0 Å². The predicted octanol–water partition coefficient (Wildman–Crippen LogP) is 2.17. The van der Waals surface area contributed by atoms with Crippen LogP contribution >= 0.6 is 0 Å². The molecule has 6 heteroatoms. The Balaban J connectivity index is 2.17. The lowest BCUT2D eigenvalue weighted by Crippen LogP contribution is -2.19. The number of carbonyl (C=O) groups is 1. The molecule has 20 heavy (non-hydrogen) atoms. The number of methoxy groups -OCH3 is 2. The van der Waals surface area contributed by atoms with E-state index in [1.165, 1.54) is 13.2 Å². The summed E-state index contributed by atoms with van der Waals surface area (Å²) in [6.07, 6.45) is 2.85. The number of ether oxygens (including phenoxy) is 2. The van der Waals surface area contributed by atoms with Gasteiger partial charge in [-0.2, -0.15) is 0 Å². The largest absolute Gasteiger partial charge is 0.465 e. The molecule has 1 saturated carbocycles. The van der Waals surface area contributed by atoms with Crippen LogP contribution in [0.2, 0.25) is 0 Å². The first kappa shape index (κ1) is 14.6. The maximum Gasteiger partial charge on any atom is 0.340 e. The van der Waals surface area contributed by atoms with Crippen molar-refractivity contribution < 1.29 is 18.7 Å². The summed E-state index contributed by atoms with van der Waals surface area (Å²) in [5.74, 6) is -1.05. The fourth-order valence-electron chi connectivity index (χ4n) is 2.49. The monoisotopic (exact) mass is 282 g/mol. The number of nitrogens with two attached hydrogens (primary N) is 1. The summed E-state index contributed by atoms with van der Waals surface area (Å²) in [6.45, 7) is 0. The van der Waals surface area contributed by atoms with Crippen LogP contribution in [0.3, 0.4) is 0 Å². The zero-order valence-electron chi connectivity index (χ0n) is 11.6. The number of halogens is 1. The van der Waals surface area contributed by atoms with Gasteiger partial charge in [0.15, 0.2) is 0 Å². The summed E-state index contributed by atoms with van der Waals surface area (Å²) >= 11 is 0. The molecule has 0 heterocycles. The van der Waals surface area contributed by atoms with Crippen LogP contribution in [0.15, 0.2) is 12.1 Å². The molecule has 2 rings (SSSR count). The van der Waals surface area contributed by atoms with Crippen LogP contribution in [0.4, 0.5) is 15.8 Å². The van der Waals surface area contributed by atoms with E-state index in [4.69, 9.17) is 10.5 Å². The third kappa shape index (κ3) is 3.01. The Morgan fingerprint density at radius 1 is 1.40 bits per heavy atom. The van der Waals surface area contributed by atoms with Gasteiger partial charge in [-0.25, -0.2) is 9.18 Å². The minimum atomic E-state index is -0.577. The fraction of sp³-hybridized carbons (Fsp3) is 0.500. The summed E-state index contributed by atoms with van der Waals surface area (Å²) in [5.41, 5.74) is 6.13. The van der Waals surface area contributed by atoms with Crippen LogP contribution in [-0.2, 0) is 9.47 Å². The fourth-order valence-corrected chi connectivity index (χ4v) is 2.49. The second kappa shape index (κ2) is 6.09. The summed E-state index contributed by atoms with van der Waals surface area (Å²) < 4.78 is 23.8. The summed E-state index contributed by atoms with van der Waals surface area (Å²) in [5, 5.41) is 3.10. The van der Waals surface area contributed by atoms with E-state index in [9.17, 15) is 9.18 Å². The van der Waals surface area contributed by atoms with Gasteiger partial charge >= 0.3 is 5.97 Å². The number of nitrogens with one attached hydrogen (secondary N) is 1. The zero-order chi connectivity index (χ0) is 14.7. The van der Waals surface area contributed by atoms with Crippen molar-refractivity contribution in [3.8, 4) is 0 Å². The summed E-state index contributed by atoms with van der Waals surface area (Å²) in [6, 6.07) is 2.66. The molecular formula is C14H19FN2O3. The lowest BCUT2D eigenvalue weighted by Gasteiger charge is -2.16. The minimum absolute atomic E-state index is 0.0705. The molecule has 0 radical (unpaired) electrons. The standard InChI is InChI=1S/C14H19FN2O3/c1-19-9-4-3-8(5-9)17-13-6-10(14(18)20-2)12(16)7-11(13)15/h6-9,17H,3-5,16H2,1-2H3. The number of nitrogen functional groups attached to an aromatic ring is 1. The van der Waals surface area contributed by atoms with E-state index in [1.54, 1.807) is 7.11 Å². The van der Waals surface area contributed by atoms with Crippen molar-refractivity contribution in [3.63, 3.8) is 0 Å². The molecule has 5 nitrogen and oxygen atoms in total. The Bertz CT molecular complexity index is 507. The van der Waals surface area contributed by atoms with E-state index >= 15 is 0 Å². The Kier molecular flexibility index (Phi) is 4.44. The van der Waals surface area contributed by atoms with Crippen LogP contribution < -0.4 is 11.1 Å². The van der Waals surface area contributed by atoms with E-state index in [0.29, 0.717) is 0 Å². The van der Waals surface area contributed by atoms with Gasteiger partial charge in [-0.1, -0.05) is 0 Å². The lowest BCUT2D eigenvalue weighted by molar-refractivity contribution is 0.0602. The van der Waals surface area contributed by atoms with E-state index < -0.39 is 11.8 Å². The Morgan fingerprint density at radius 2 is 2.15 bits per heavy atom. The number of hydrogen-bond donors (Lipinski definition) is 2. The van der Waals surface area contributed by atoms with Gasteiger partial charge in [-0.15, -0.1) is 0 Å². The van der Waals surface area contributed by atoms with Gasteiger partial charge in [0.1, 0.15) is 5.82 Å². The van der Waals surface area contributed by atoms with Gasteiger partial charge in [0.2, 0.25) is 0 Å². The number of carbonyl (C=O) groups excluding carboxylic acids is 1. The highest BCUT2D eigenvalue weighted by Gasteiger charge is 2.25. The van der Waals surface area contributed by atoms with Crippen LogP contribution in [0.1, 0.15) is 29.6 Å². The molecule has 0 aliphatic heterocycles. The molecule has 0 amide bonds. The highest BCUT2D eigenvalue weighted by atomic mass is 19.1. The lowest BCUT2D eigenvalue weighted by atomic mass is 10.1. The van der Waals surface area contributed by atoms with Gasteiger partial charge < -0.3 is 20.5 Å². The average Bonchev–Trinajstić information content (AvgIpc) is 2.88. The second-order valence-corrected chi connectivity index (χ2v) is 4.92. The number of anilines is 2. The SMILES string of the molecule is COC(=O)c1cc(NC2CCC(OC)C2)c(F)cc1N. The predicted molar refractivity (Wildman–Crippen MR) is 74.2 cm³/mol. The minimum Gasteiger partial charge on any atom is -0.465 e. The molecule has 0 aromatic heterocycles. The van der Waals surface area contributed by atoms with Gasteiger partial charge in [0.25, 0.3) is 0 Å². The second-order valence-electron chi connectivity index (χ2n) is 4.92.